The van der Waals surface area contributed by atoms with Crippen LogP contribution < -0.4 is 11.1 Å². The average molecular weight is 481 g/mol. The van der Waals surface area contributed by atoms with E-state index in [-0.39, 0.29) is 24.3 Å². The summed E-state index contributed by atoms with van der Waals surface area (Å²) in [5.74, 6) is -3.56. The predicted octanol–water partition coefficient (Wildman–Crippen LogP) is 2.86. The van der Waals surface area contributed by atoms with Crippen LogP contribution in [0.25, 0.3) is 0 Å². The Bertz CT molecular complexity index is 1060. The molecule has 2 aromatic carbocycles. The van der Waals surface area contributed by atoms with Crippen molar-refractivity contribution in [1.29, 1.82) is 0 Å². The molecule has 0 fully saturated rings. The van der Waals surface area contributed by atoms with Gasteiger partial charge in [-0.3, -0.25) is 24.5 Å². The third-order valence-electron chi connectivity index (χ3n) is 4.87. The summed E-state index contributed by atoms with van der Waals surface area (Å²) in [5, 5.41) is 13.3. The number of nitrogens with zero attached hydrogens (tertiary/aromatic N) is 1. The molecule has 2 rings (SSSR count). The van der Waals surface area contributed by atoms with Crippen molar-refractivity contribution in [3.8, 4) is 0 Å². The number of hydrogen-bond acceptors (Lipinski definition) is 6. The number of nitrogens with two attached hydrogens (primary N) is 1. The monoisotopic (exact) mass is 481 g/mol. The molecule has 0 bridgehead atoms. The van der Waals surface area contributed by atoms with Crippen molar-refractivity contribution < 1.29 is 37.2 Å². The molecular formula is C22H22F3N3O6. The average Bonchev–Trinajstić information content (AvgIpc) is 2.76. The number of hydrogen-bond donors (Lipinski definition) is 2. The van der Waals surface area contributed by atoms with Crippen molar-refractivity contribution >= 4 is 23.5 Å². The quantitative estimate of drug-likeness (QED) is 0.304. The second-order valence-corrected chi connectivity index (χ2v) is 7.29. The van der Waals surface area contributed by atoms with Gasteiger partial charge in [-0.1, -0.05) is 30.3 Å². The minimum Gasteiger partial charge on any atom is -0.466 e. The molecule has 34 heavy (non-hydrogen) atoms. The number of nitrogens with one attached hydrogen (secondary N) is 1. The molecule has 0 aliphatic rings. The standard InChI is InChI=1S/C22H22F3N3O6/c1-2-34-19(30)12-17(14-6-8-16(9-7-14)28(32)33)20(21(26)31)27-18(29)11-13-4-3-5-15(10-13)22(23,24)25/h3-10,17,20H,2,11-12H2,1H3,(H2,26,31)(H,27,29)/t17-,20+/m1/s1. The number of carbonyl (C=O) groups is 3. The third-order valence-corrected chi connectivity index (χ3v) is 4.87. The molecule has 0 aromatic heterocycles. The molecule has 0 aliphatic heterocycles. The minimum absolute atomic E-state index is 0.0489. The summed E-state index contributed by atoms with van der Waals surface area (Å²) in [5.41, 5.74) is 4.64. The van der Waals surface area contributed by atoms with Crippen LogP contribution in [0.15, 0.2) is 48.5 Å². The Morgan fingerprint density at radius 1 is 1.15 bits per heavy atom. The molecule has 3 N–H and O–H groups in total. The largest absolute Gasteiger partial charge is 0.466 e. The Labute approximate surface area is 192 Å². The van der Waals surface area contributed by atoms with E-state index in [1.165, 1.54) is 18.2 Å². The van der Waals surface area contributed by atoms with Crippen molar-refractivity contribution in [1.82, 2.24) is 5.32 Å². The number of halogens is 3. The summed E-state index contributed by atoms with van der Waals surface area (Å²) in [7, 11) is 0. The maximum absolute atomic E-state index is 12.9. The van der Waals surface area contributed by atoms with Crippen molar-refractivity contribution in [2.45, 2.75) is 37.9 Å². The first kappa shape index (κ1) is 26.3. The van der Waals surface area contributed by atoms with E-state index in [2.05, 4.69) is 5.32 Å². The number of non-ortho nitro benzene ring substituents is 1. The van der Waals surface area contributed by atoms with Gasteiger partial charge in [-0.15, -0.1) is 0 Å². The van der Waals surface area contributed by atoms with Gasteiger partial charge in [-0.05, 0) is 24.1 Å². The molecule has 0 radical (unpaired) electrons. The lowest BCUT2D eigenvalue weighted by Crippen LogP contribution is -2.49. The minimum atomic E-state index is -4.59. The molecule has 0 heterocycles. The smallest absolute Gasteiger partial charge is 0.416 e. The number of alkyl halides is 3. The van der Waals surface area contributed by atoms with Crippen LogP contribution in [0, 0.1) is 10.1 Å². The Hall–Kier alpha value is -3.96. The van der Waals surface area contributed by atoms with Crippen LogP contribution in [-0.2, 0) is 31.7 Å². The van der Waals surface area contributed by atoms with Gasteiger partial charge >= 0.3 is 12.1 Å². The SMILES string of the molecule is CCOC(=O)C[C@H](c1ccc([N+](=O)[O-])cc1)[C@H](NC(=O)Cc1cccc(C(F)(F)F)c1)C(N)=O. The lowest BCUT2D eigenvalue weighted by Gasteiger charge is -2.25. The number of amides is 2. The van der Waals surface area contributed by atoms with E-state index >= 15 is 0 Å². The van der Waals surface area contributed by atoms with Crippen LogP contribution in [0.5, 0.6) is 0 Å². The van der Waals surface area contributed by atoms with Crippen molar-refractivity contribution in [2.75, 3.05) is 6.61 Å². The van der Waals surface area contributed by atoms with Crippen LogP contribution >= 0.6 is 0 Å². The normalized spacial score (nSPS) is 12.9. The first-order valence-electron chi connectivity index (χ1n) is 10.1. The van der Waals surface area contributed by atoms with Crippen LogP contribution in [0.4, 0.5) is 18.9 Å². The number of nitro benzene ring substituents is 1. The molecular weight excluding hydrogens is 459 g/mol. The predicted molar refractivity (Wildman–Crippen MR) is 113 cm³/mol. The van der Waals surface area contributed by atoms with E-state index < -0.39 is 52.8 Å². The highest BCUT2D eigenvalue weighted by Crippen LogP contribution is 2.30. The molecule has 2 amide bonds. The first-order chi connectivity index (χ1) is 15.9. The molecule has 0 spiro atoms. The number of rotatable bonds is 10. The fourth-order valence-corrected chi connectivity index (χ4v) is 3.31. The summed E-state index contributed by atoms with van der Waals surface area (Å²) in [6, 6.07) is 7.66. The number of primary amides is 1. The molecule has 0 aliphatic carbocycles. The highest BCUT2D eigenvalue weighted by atomic mass is 19.4. The van der Waals surface area contributed by atoms with Crippen molar-refractivity contribution in [2.24, 2.45) is 5.73 Å². The van der Waals surface area contributed by atoms with Crippen molar-refractivity contribution in [3.63, 3.8) is 0 Å². The zero-order valence-electron chi connectivity index (χ0n) is 18.0. The lowest BCUT2D eigenvalue weighted by molar-refractivity contribution is -0.384. The molecule has 12 heteroatoms. The molecule has 2 atom stereocenters. The number of benzene rings is 2. The Kier molecular flexibility index (Phi) is 8.70. The Balaban J connectivity index is 2.30. The zero-order chi connectivity index (χ0) is 25.5. The zero-order valence-corrected chi connectivity index (χ0v) is 18.0. The molecule has 0 unspecified atom stereocenters. The number of esters is 1. The van der Waals surface area contributed by atoms with Crippen LogP contribution in [-0.4, -0.2) is 35.4 Å². The summed E-state index contributed by atoms with van der Waals surface area (Å²) in [6.07, 6.45) is -5.47. The molecule has 0 saturated heterocycles. The topological polar surface area (TPSA) is 142 Å². The summed E-state index contributed by atoms with van der Waals surface area (Å²) >= 11 is 0. The molecule has 2 aromatic rings. The molecule has 9 nitrogen and oxygen atoms in total. The van der Waals surface area contributed by atoms with Gasteiger partial charge in [-0.2, -0.15) is 13.2 Å². The van der Waals surface area contributed by atoms with Gasteiger partial charge in [0.25, 0.3) is 5.69 Å². The van der Waals surface area contributed by atoms with Crippen molar-refractivity contribution in [3.05, 3.63) is 75.3 Å². The number of nitro groups is 1. The second-order valence-electron chi connectivity index (χ2n) is 7.29. The van der Waals surface area contributed by atoms with Crippen LogP contribution in [0.2, 0.25) is 0 Å². The maximum atomic E-state index is 12.9. The Morgan fingerprint density at radius 3 is 2.32 bits per heavy atom. The summed E-state index contributed by atoms with van der Waals surface area (Å²) in [6.45, 7) is 1.62. The first-order valence-corrected chi connectivity index (χ1v) is 10.1. The van der Waals surface area contributed by atoms with E-state index in [0.717, 1.165) is 30.3 Å². The molecule has 182 valence electrons. The van der Waals surface area contributed by atoms with E-state index in [4.69, 9.17) is 10.5 Å². The van der Waals surface area contributed by atoms with E-state index in [0.29, 0.717) is 5.56 Å². The van der Waals surface area contributed by atoms with E-state index in [1.54, 1.807) is 6.92 Å². The van der Waals surface area contributed by atoms with E-state index in [9.17, 15) is 37.7 Å². The lowest BCUT2D eigenvalue weighted by atomic mass is 9.87. The number of ether oxygens (including phenoxy) is 1. The highest BCUT2D eigenvalue weighted by Gasteiger charge is 2.33. The number of carbonyl (C=O) groups excluding carboxylic acids is 3. The maximum Gasteiger partial charge on any atom is 0.416 e. The second kappa shape index (κ2) is 11.3. The van der Waals surface area contributed by atoms with Gasteiger partial charge in [-0.25, -0.2) is 0 Å². The van der Waals surface area contributed by atoms with Gasteiger partial charge in [0.15, 0.2) is 0 Å². The van der Waals surface area contributed by atoms with Crippen LogP contribution in [0.1, 0.15) is 36.0 Å². The van der Waals surface area contributed by atoms with Gasteiger partial charge < -0.3 is 15.8 Å². The van der Waals surface area contributed by atoms with E-state index in [1.807, 2.05) is 0 Å². The van der Waals surface area contributed by atoms with Gasteiger partial charge in [0.2, 0.25) is 11.8 Å². The highest BCUT2D eigenvalue weighted by molar-refractivity contribution is 5.89. The van der Waals surface area contributed by atoms with Crippen LogP contribution in [0.3, 0.4) is 0 Å². The fraction of sp³-hybridized carbons (Fsp3) is 0.318. The summed E-state index contributed by atoms with van der Waals surface area (Å²) in [4.78, 5) is 47.2. The third kappa shape index (κ3) is 7.29. The fourth-order valence-electron chi connectivity index (χ4n) is 3.31. The van der Waals surface area contributed by atoms with Gasteiger partial charge in [0.05, 0.1) is 29.9 Å². The summed E-state index contributed by atoms with van der Waals surface area (Å²) < 4.78 is 43.7. The molecule has 0 saturated carbocycles. The Morgan fingerprint density at radius 2 is 1.79 bits per heavy atom. The van der Waals surface area contributed by atoms with Gasteiger partial charge in [0.1, 0.15) is 6.04 Å². The van der Waals surface area contributed by atoms with Gasteiger partial charge in [0, 0.05) is 18.1 Å².